The summed E-state index contributed by atoms with van der Waals surface area (Å²) in [5.74, 6) is 0.294. The molecule has 1 unspecified atom stereocenters. The van der Waals surface area contributed by atoms with Crippen molar-refractivity contribution >= 4 is 5.91 Å². The molecule has 3 nitrogen and oxygen atoms in total. The number of nitrogens with zero attached hydrogens (tertiary/aromatic N) is 1. The SMILES string of the molecule is CCCCN1CCCC(NC)C1=O. The molecule has 0 aromatic carbocycles. The monoisotopic (exact) mass is 184 g/mol. The van der Waals surface area contributed by atoms with E-state index in [1.807, 2.05) is 11.9 Å². The van der Waals surface area contributed by atoms with E-state index < -0.39 is 0 Å². The summed E-state index contributed by atoms with van der Waals surface area (Å²) in [7, 11) is 1.87. The predicted molar refractivity (Wildman–Crippen MR) is 53.6 cm³/mol. The molecule has 13 heavy (non-hydrogen) atoms. The number of hydrogen-bond donors (Lipinski definition) is 1. The molecule has 1 amide bonds. The summed E-state index contributed by atoms with van der Waals surface area (Å²) in [6.45, 7) is 4.05. The highest BCUT2D eigenvalue weighted by molar-refractivity contribution is 5.82. The number of nitrogens with one attached hydrogen (secondary N) is 1. The van der Waals surface area contributed by atoms with Crippen molar-refractivity contribution in [2.75, 3.05) is 20.1 Å². The topological polar surface area (TPSA) is 32.3 Å². The van der Waals surface area contributed by atoms with Crippen molar-refractivity contribution in [3.05, 3.63) is 0 Å². The molecule has 0 spiro atoms. The molecule has 1 aliphatic rings. The summed E-state index contributed by atoms with van der Waals surface area (Å²) in [6, 6.07) is 0.0746. The molecule has 1 atom stereocenters. The third kappa shape index (κ3) is 2.69. The van der Waals surface area contributed by atoms with Crippen LogP contribution in [-0.4, -0.2) is 37.0 Å². The number of likely N-dealkylation sites (tertiary alicyclic amines) is 1. The van der Waals surface area contributed by atoms with Gasteiger partial charge >= 0.3 is 0 Å². The van der Waals surface area contributed by atoms with Crippen LogP contribution in [0, 0.1) is 0 Å². The van der Waals surface area contributed by atoms with Crippen molar-refractivity contribution in [1.82, 2.24) is 10.2 Å². The number of piperidine rings is 1. The number of unbranched alkanes of at least 4 members (excludes halogenated alkanes) is 1. The maximum absolute atomic E-state index is 11.7. The number of hydrogen-bond acceptors (Lipinski definition) is 2. The van der Waals surface area contributed by atoms with E-state index in [-0.39, 0.29) is 6.04 Å². The lowest BCUT2D eigenvalue weighted by Crippen LogP contribution is -2.49. The summed E-state index contributed by atoms with van der Waals surface area (Å²) < 4.78 is 0. The lowest BCUT2D eigenvalue weighted by molar-refractivity contribution is -0.135. The van der Waals surface area contributed by atoms with Crippen LogP contribution in [0.25, 0.3) is 0 Å². The van der Waals surface area contributed by atoms with Crippen LogP contribution in [0.5, 0.6) is 0 Å². The smallest absolute Gasteiger partial charge is 0.239 e. The molecule has 1 aliphatic heterocycles. The van der Waals surface area contributed by atoms with Crippen LogP contribution in [-0.2, 0) is 4.79 Å². The van der Waals surface area contributed by atoms with Gasteiger partial charge in [0.05, 0.1) is 6.04 Å². The van der Waals surface area contributed by atoms with Crippen LogP contribution in [0.4, 0.5) is 0 Å². The molecular weight excluding hydrogens is 164 g/mol. The van der Waals surface area contributed by atoms with Gasteiger partial charge in [0, 0.05) is 13.1 Å². The summed E-state index contributed by atoms with van der Waals surface area (Å²) >= 11 is 0. The Morgan fingerprint density at radius 2 is 2.38 bits per heavy atom. The van der Waals surface area contributed by atoms with Gasteiger partial charge in [0.25, 0.3) is 0 Å². The van der Waals surface area contributed by atoms with Crippen LogP contribution in [0.2, 0.25) is 0 Å². The molecular formula is C10H20N2O. The van der Waals surface area contributed by atoms with Gasteiger partial charge in [-0.25, -0.2) is 0 Å². The molecule has 0 saturated carbocycles. The van der Waals surface area contributed by atoms with Crippen molar-refractivity contribution in [2.24, 2.45) is 0 Å². The van der Waals surface area contributed by atoms with Crippen molar-refractivity contribution < 1.29 is 4.79 Å². The van der Waals surface area contributed by atoms with Crippen LogP contribution in [0.3, 0.4) is 0 Å². The molecule has 0 aromatic heterocycles. The molecule has 0 radical (unpaired) electrons. The zero-order valence-corrected chi connectivity index (χ0v) is 8.68. The van der Waals surface area contributed by atoms with Gasteiger partial charge < -0.3 is 10.2 Å². The molecule has 3 heteroatoms. The zero-order chi connectivity index (χ0) is 9.68. The lowest BCUT2D eigenvalue weighted by Gasteiger charge is -2.32. The highest BCUT2D eigenvalue weighted by Crippen LogP contribution is 2.11. The fourth-order valence-electron chi connectivity index (χ4n) is 1.78. The first kappa shape index (κ1) is 10.5. The molecule has 1 saturated heterocycles. The Kier molecular flexibility index (Phi) is 4.22. The number of carbonyl (C=O) groups is 1. The highest BCUT2D eigenvalue weighted by Gasteiger charge is 2.26. The van der Waals surface area contributed by atoms with Gasteiger partial charge in [0.1, 0.15) is 0 Å². The average Bonchev–Trinajstić information content (AvgIpc) is 2.16. The van der Waals surface area contributed by atoms with E-state index in [1.165, 1.54) is 0 Å². The molecule has 1 heterocycles. The van der Waals surface area contributed by atoms with Crippen molar-refractivity contribution in [1.29, 1.82) is 0 Å². The van der Waals surface area contributed by atoms with Gasteiger partial charge in [-0.1, -0.05) is 13.3 Å². The second kappa shape index (κ2) is 5.22. The lowest BCUT2D eigenvalue weighted by atomic mass is 10.0. The van der Waals surface area contributed by atoms with Crippen LogP contribution >= 0.6 is 0 Å². The Morgan fingerprint density at radius 1 is 1.62 bits per heavy atom. The van der Waals surface area contributed by atoms with Gasteiger partial charge in [0.15, 0.2) is 0 Å². The van der Waals surface area contributed by atoms with E-state index in [4.69, 9.17) is 0 Å². The first-order valence-electron chi connectivity index (χ1n) is 5.25. The number of carbonyl (C=O) groups excluding carboxylic acids is 1. The number of amides is 1. The molecule has 0 aromatic rings. The molecule has 0 aliphatic carbocycles. The molecule has 1 fully saturated rings. The van der Waals surface area contributed by atoms with Crippen molar-refractivity contribution in [3.63, 3.8) is 0 Å². The zero-order valence-electron chi connectivity index (χ0n) is 8.68. The van der Waals surface area contributed by atoms with E-state index in [0.29, 0.717) is 5.91 Å². The summed E-state index contributed by atoms with van der Waals surface area (Å²) in [4.78, 5) is 13.7. The first-order chi connectivity index (χ1) is 6.29. The number of likely N-dealkylation sites (N-methyl/N-ethyl adjacent to an activating group) is 1. The third-order valence-corrected chi connectivity index (χ3v) is 2.66. The Labute approximate surface area is 80.5 Å². The summed E-state index contributed by atoms with van der Waals surface area (Å²) in [5.41, 5.74) is 0. The highest BCUT2D eigenvalue weighted by atomic mass is 16.2. The van der Waals surface area contributed by atoms with E-state index in [1.54, 1.807) is 0 Å². The van der Waals surface area contributed by atoms with Gasteiger partial charge in [-0.15, -0.1) is 0 Å². The van der Waals surface area contributed by atoms with Crippen molar-refractivity contribution in [3.8, 4) is 0 Å². The van der Waals surface area contributed by atoms with E-state index in [0.717, 1.165) is 38.8 Å². The molecule has 0 bridgehead atoms. The van der Waals surface area contributed by atoms with Gasteiger partial charge in [-0.3, -0.25) is 4.79 Å². The maximum Gasteiger partial charge on any atom is 0.239 e. The second-order valence-corrected chi connectivity index (χ2v) is 3.66. The van der Waals surface area contributed by atoms with Crippen molar-refractivity contribution in [2.45, 2.75) is 38.6 Å². The largest absolute Gasteiger partial charge is 0.341 e. The standard InChI is InChI=1S/C10H20N2O/c1-3-4-7-12-8-5-6-9(11-2)10(12)13/h9,11H,3-8H2,1-2H3. The van der Waals surface area contributed by atoms with E-state index in [2.05, 4.69) is 12.2 Å². The quantitative estimate of drug-likeness (QED) is 0.707. The minimum atomic E-state index is 0.0746. The Morgan fingerprint density at radius 3 is 3.00 bits per heavy atom. The second-order valence-electron chi connectivity index (χ2n) is 3.66. The first-order valence-corrected chi connectivity index (χ1v) is 5.25. The normalized spacial score (nSPS) is 23.7. The number of rotatable bonds is 4. The Hall–Kier alpha value is -0.570. The molecule has 1 N–H and O–H groups in total. The predicted octanol–water partition coefficient (Wildman–Crippen LogP) is 0.997. The van der Waals surface area contributed by atoms with Gasteiger partial charge in [-0.2, -0.15) is 0 Å². The average molecular weight is 184 g/mol. The van der Waals surface area contributed by atoms with E-state index in [9.17, 15) is 4.79 Å². The van der Waals surface area contributed by atoms with Crippen LogP contribution in [0.1, 0.15) is 32.6 Å². The van der Waals surface area contributed by atoms with Gasteiger partial charge in [0.2, 0.25) is 5.91 Å². The van der Waals surface area contributed by atoms with E-state index >= 15 is 0 Å². The van der Waals surface area contributed by atoms with Gasteiger partial charge in [-0.05, 0) is 26.3 Å². The third-order valence-electron chi connectivity index (χ3n) is 2.66. The summed E-state index contributed by atoms with van der Waals surface area (Å²) in [5, 5.41) is 3.07. The Balaban J connectivity index is 2.40. The fraction of sp³-hybridized carbons (Fsp3) is 0.900. The minimum Gasteiger partial charge on any atom is -0.341 e. The molecule has 76 valence electrons. The van der Waals surface area contributed by atoms with Crippen LogP contribution in [0.15, 0.2) is 0 Å². The Bertz CT molecular complexity index is 170. The fourth-order valence-corrected chi connectivity index (χ4v) is 1.78. The summed E-state index contributed by atoms with van der Waals surface area (Å²) in [6.07, 6.45) is 4.43. The maximum atomic E-state index is 11.7. The van der Waals surface area contributed by atoms with Crippen LogP contribution < -0.4 is 5.32 Å². The minimum absolute atomic E-state index is 0.0746. The molecule has 1 rings (SSSR count).